The number of carbonyl (C=O) groups excluding carboxylic acids is 1. The summed E-state index contributed by atoms with van der Waals surface area (Å²) in [5.74, 6) is 0.315. The van der Waals surface area contributed by atoms with Crippen LogP contribution in [0, 0.1) is 6.92 Å². The molecule has 0 bridgehead atoms. The Kier molecular flexibility index (Phi) is 5.50. The van der Waals surface area contributed by atoms with Crippen molar-refractivity contribution in [1.29, 1.82) is 0 Å². The van der Waals surface area contributed by atoms with Crippen molar-refractivity contribution in [3.63, 3.8) is 0 Å². The van der Waals surface area contributed by atoms with E-state index in [1.54, 1.807) is 19.2 Å². The summed E-state index contributed by atoms with van der Waals surface area (Å²) in [6, 6.07) is 5.39. The summed E-state index contributed by atoms with van der Waals surface area (Å²) in [6.45, 7) is 2.91. The van der Waals surface area contributed by atoms with E-state index in [-0.39, 0.29) is 10.5 Å². The van der Waals surface area contributed by atoms with Gasteiger partial charge in [0.2, 0.25) is 0 Å². The number of nitrogens with zero attached hydrogens (tertiary/aromatic N) is 3. The van der Waals surface area contributed by atoms with Gasteiger partial charge in [0.1, 0.15) is 0 Å². The molecule has 0 unspecified atom stereocenters. The Balaban J connectivity index is 1.96. The van der Waals surface area contributed by atoms with E-state index in [1.165, 1.54) is 29.9 Å². The van der Waals surface area contributed by atoms with Crippen molar-refractivity contribution in [3.8, 4) is 0 Å². The first-order valence-corrected chi connectivity index (χ1v) is 7.46. The van der Waals surface area contributed by atoms with Gasteiger partial charge in [0.15, 0.2) is 5.84 Å². The molecule has 0 aliphatic rings. The lowest BCUT2D eigenvalue weighted by molar-refractivity contribution is -0.138. The number of aromatic nitrogens is 2. The molecule has 1 amide bonds. The van der Waals surface area contributed by atoms with Gasteiger partial charge in [-0.05, 0) is 49.6 Å². The SMILES string of the molecule is C/C(=N\OC(=O)NSc1cccc(C(F)(F)F)c1C)n1cccn1. The van der Waals surface area contributed by atoms with Gasteiger partial charge in [0.05, 0.1) is 5.56 Å². The number of hydrogen-bond donors (Lipinski definition) is 1. The lowest BCUT2D eigenvalue weighted by Gasteiger charge is -2.13. The summed E-state index contributed by atoms with van der Waals surface area (Å²) in [5.41, 5.74) is -0.735. The molecule has 1 aromatic carbocycles. The normalized spacial score (nSPS) is 12.1. The molecule has 24 heavy (non-hydrogen) atoms. The number of benzene rings is 1. The Bertz CT molecular complexity index is 745. The van der Waals surface area contributed by atoms with E-state index in [9.17, 15) is 18.0 Å². The molecule has 0 aliphatic carbocycles. The summed E-state index contributed by atoms with van der Waals surface area (Å²) < 4.78 is 42.1. The fraction of sp³-hybridized carbons (Fsp3) is 0.214. The first kappa shape index (κ1) is 17.9. The van der Waals surface area contributed by atoms with Gasteiger partial charge in [-0.15, -0.1) is 0 Å². The van der Waals surface area contributed by atoms with Crippen LogP contribution in [0.1, 0.15) is 18.1 Å². The molecule has 128 valence electrons. The number of hydrogen-bond acceptors (Lipinski definition) is 5. The predicted octanol–water partition coefficient (Wildman–Crippen LogP) is 3.83. The lowest BCUT2D eigenvalue weighted by atomic mass is 10.1. The van der Waals surface area contributed by atoms with Gasteiger partial charge < -0.3 is 0 Å². The summed E-state index contributed by atoms with van der Waals surface area (Å²) in [7, 11) is 0. The third kappa shape index (κ3) is 4.51. The van der Waals surface area contributed by atoms with E-state index in [1.807, 2.05) is 0 Å². The maximum absolute atomic E-state index is 12.8. The number of rotatable bonds is 3. The van der Waals surface area contributed by atoms with Gasteiger partial charge in [0, 0.05) is 17.3 Å². The molecule has 1 aromatic heterocycles. The Hall–Kier alpha value is -2.49. The highest BCUT2D eigenvalue weighted by Gasteiger charge is 2.32. The minimum absolute atomic E-state index is 0.0199. The minimum atomic E-state index is -4.45. The Morgan fingerprint density at radius 1 is 1.38 bits per heavy atom. The Morgan fingerprint density at radius 2 is 2.12 bits per heavy atom. The molecule has 0 aliphatic heterocycles. The smallest absolute Gasteiger partial charge is 0.296 e. The fourth-order valence-electron chi connectivity index (χ4n) is 1.76. The topological polar surface area (TPSA) is 68.5 Å². The molecular formula is C14H13F3N4O2S. The molecule has 0 radical (unpaired) electrons. The van der Waals surface area contributed by atoms with Crippen LogP contribution in [0.3, 0.4) is 0 Å². The average molecular weight is 358 g/mol. The van der Waals surface area contributed by atoms with Crippen molar-refractivity contribution >= 4 is 23.9 Å². The first-order chi connectivity index (χ1) is 11.3. The highest BCUT2D eigenvalue weighted by Crippen LogP contribution is 2.35. The van der Waals surface area contributed by atoms with Gasteiger partial charge in [0.25, 0.3) is 0 Å². The highest BCUT2D eigenvalue weighted by atomic mass is 32.2. The highest BCUT2D eigenvalue weighted by molar-refractivity contribution is 7.98. The maximum Gasteiger partial charge on any atom is 0.443 e. The number of oxime groups is 1. The van der Waals surface area contributed by atoms with Crippen LogP contribution in [0.5, 0.6) is 0 Å². The fourth-order valence-corrected chi connectivity index (χ4v) is 2.40. The van der Waals surface area contributed by atoms with Crippen LogP contribution in [0.25, 0.3) is 0 Å². The molecule has 10 heteroatoms. The van der Waals surface area contributed by atoms with Crippen molar-refractivity contribution in [2.24, 2.45) is 5.16 Å². The lowest BCUT2D eigenvalue weighted by Crippen LogP contribution is -2.17. The second kappa shape index (κ2) is 7.39. The monoisotopic (exact) mass is 358 g/mol. The molecule has 2 aromatic rings. The Labute approximate surface area is 139 Å². The van der Waals surface area contributed by atoms with Crippen molar-refractivity contribution in [1.82, 2.24) is 14.5 Å². The van der Waals surface area contributed by atoms with E-state index >= 15 is 0 Å². The predicted molar refractivity (Wildman–Crippen MR) is 82.4 cm³/mol. The van der Waals surface area contributed by atoms with E-state index in [0.29, 0.717) is 5.84 Å². The zero-order valence-electron chi connectivity index (χ0n) is 12.7. The Morgan fingerprint density at radius 3 is 2.75 bits per heavy atom. The van der Waals surface area contributed by atoms with E-state index in [4.69, 9.17) is 0 Å². The van der Waals surface area contributed by atoms with Crippen LogP contribution < -0.4 is 4.72 Å². The molecule has 0 saturated heterocycles. The largest absolute Gasteiger partial charge is 0.443 e. The molecule has 0 atom stereocenters. The van der Waals surface area contributed by atoms with Crippen LogP contribution in [0.15, 0.2) is 46.7 Å². The summed E-state index contributed by atoms with van der Waals surface area (Å²) in [4.78, 5) is 16.4. The third-order valence-electron chi connectivity index (χ3n) is 2.93. The zero-order chi connectivity index (χ0) is 17.7. The molecule has 0 saturated carbocycles. The van der Waals surface area contributed by atoms with Crippen LogP contribution >= 0.6 is 11.9 Å². The molecule has 1 heterocycles. The van der Waals surface area contributed by atoms with Gasteiger partial charge in [-0.2, -0.15) is 18.3 Å². The number of alkyl halides is 3. The quantitative estimate of drug-likeness (QED) is 0.298. The van der Waals surface area contributed by atoms with Gasteiger partial charge in [-0.3, -0.25) is 9.56 Å². The molecule has 6 nitrogen and oxygen atoms in total. The van der Waals surface area contributed by atoms with Crippen molar-refractivity contribution < 1.29 is 22.8 Å². The second-order valence-corrected chi connectivity index (χ2v) is 5.45. The van der Waals surface area contributed by atoms with Crippen LogP contribution in [-0.2, 0) is 11.0 Å². The number of nitrogens with one attached hydrogen (secondary N) is 1. The first-order valence-electron chi connectivity index (χ1n) is 6.64. The van der Waals surface area contributed by atoms with Crippen molar-refractivity contribution in [3.05, 3.63) is 47.8 Å². The van der Waals surface area contributed by atoms with Crippen LogP contribution in [-0.4, -0.2) is 21.7 Å². The molecule has 2 rings (SSSR count). The van der Waals surface area contributed by atoms with Gasteiger partial charge in [-0.25, -0.2) is 9.48 Å². The summed E-state index contributed by atoms with van der Waals surface area (Å²) in [6.07, 6.45) is -2.22. The summed E-state index contributed by atoms with van der Waals surface area (Å²) in [5, 5.41) is 7.46. The van der Waals surface area contributed by atoms with Crippen molar-refractivity contribution in [2.75, 3.05) is 0 Å². The number of carbonyl (C=O) groups is 1. The van der Waals surface area contributed by atoms with E-state index in [0.717, 1.165) is 18.0 Å². The molecular weight excluding hydrogens is 345 g/mol. The van der Waals surface area contributed by atoms with Gasteiger partial charge >= 0.3 is 12.3 Å². The van der Waals surface area contributed by atoms with Gasteiger partial charge in [-0.1, -0.05) is 11.2 Å². The number of halogens is 3. The third-order valence-corrected chi connectivity index (χ3v) is 3.86. The number of amides is 1. The van der Waals surface area contributed by atoms with E-state index < -0.39 is 17.8 Å². The average Bonchev–Trinajstić information content (AvgIpc) is 3.05. The van der Waals surface area contributed by atoms with Crippen LogP contribution in [0.2, 0.25) is 0 Å². The van der Waals surface area contributed by atoms with E-state index in [2.05, 4.69) is 19.8 Å². The van der Waals surface area contributed by atoms with Crippen molar-refractivity contribution in [2.45, 2.75) is 24.9 Å². The summed E-state index contributed by atoms with van der Waals surface area (Å²) >= 11 is 0.718. The van der Waals surface area contributed by atoms with Crippen LogP contribution in [0.4, 0.5) is 18.0 Å². The molecule has 0 spiro atoms. The minimum Gasteiger partial charge on any atom is -0.296 e. The second-order valence-electron chi connectivity index (χ2n) is 4.60. The molecule has 1 N–H and O–H groups in total. The standard InChI is InChI=1S/C14H13F3N4O2S/c1-9-11(14(15,16)17)5-3-6-12(9)24-20-13(22)23-19-10(2)21-8-4-7-18-21/h3-8H,1-2H3,(H,20,22)/b19-10+. The zero-order valence-corrected chi connectivity index (χ0v) is 13.5. The maximum atomic E-state index is 12.8. The molecule has 0 fully saturated rings.